The maximum Gasteiger partial charge on any atom is 0.224 e. The number of benzene rings is 2. The molecule has 2 N–H and O–H groups in total. The van der Waals surface area contributed by atoms with Gasteiger partial charge in [-0.15, -0.1) is 0 Å². The summed E-state index contributed by atoms with van der Waals surface area (Å²) in [4.78, 5) is 23.0. The maximum atomic E-state index is 12.7. The molecule has 1 aliphatic heterocycles. The van der Waals surface area contributed by atoms with Gasteiger partial charge in [0.25, 0.3) is 0 Å². The molecule has 0 aliphatic carbocycles. The number of fused-ring (bicyclic) bond motifs is 1. The average molecular weight is 362 g/mol. The van der Waals surface area contributed by atoms with Crippen molar-refractivity contribution in [3.05, 3.63) is 60.2 Å². The summed E-state index contributed by atoms with van der Waals surface area (Å²) < 4.78 is 0. The Morgan fingerprint density at radius 1 is 1.22 bits per heavy atom. The highest BCUT2D eigenvalue weighted by molar-refractivity contribution is 5.80. The van der Waals surface area contributed by atoms with Crippen LogP contribution in [0.5, 0.6) is 0 Å². The van der Waals surface area contributed by atoms with Crippen LogP contribution in [0.3, 0.4) is 0 Å². The van der Waals surface area contributed by atoms with E-state index in [4.69, 9.17) is 0 Å². The molecule has 27 heavy (non-hydrogen) atoms. The predicted octanol–water partition coefficient (Wildman–Crippen LogP) is 3.70. The predicted molar refractivity (Wildman–Crippen MR) is 109 cm³/mol. The van der Waals surface area contributed by atoms with Gasteiger partial charge in [-0.3, -0.25) is 4.79 Å². The van der Waals surface area contributed by atoms with Gasteiger partial charge in [-0.2, -0.15) is 0 Å². The Morgan fingerprint density at radius 2 is 2.00 bits per heavy atom. The number of nitrogens with one attached hydrogen (secondary N) is 2. The van der Waals surface area contributed by atoms with Gasteiger partial charge in [0.05, 0.1) is 17.0 Å². The third kappa shape index (κ3) is 3.97. The molecule has 0 bridgehead atoms. The van der Waals surface area contributed by atoms with E-state index in [9.17, 15) is 4.79 Å². The van der Waals surface area contributed by atoms with E-state index in [0.717, 1.165) is 36.4 Å². The van der Waals surface area contributed by atoms with E-state index in [-0.39, 0.29) is 11.8 Å². The standard InChI is InChI=1S/C22H26N4O/c1-16(17-8-3-2-4-9-17)14-23-21(27)18-10-7-13-26(15-18)22-24-19-11-5-6-12-20(19)25-22/h2-6,8-9,11-12,16,18H,7,10,13-15H2,1H3,(H,23,27)(H,24,25)/t16-,18-/m0/s1. The van der Waals surface area contributed by atoms with E-state index < -0.39 is 0 Å². The highest BCUT2D eigenvalue weighted by Gasteiger charge is 2.27. The summed E-state index contributed by atoms with van der Waals surface area (Å²) >= 11 is 0. The van der Waals surface area contributed by atoms with Crippen LogP contribution >= 0.6 is 0 Å². The first kappa shape index (κ1) is 17.6. The molecule has 140 valence electrons. The molecule has 4 rings (SSSR count). The van der Waals surface area contributed by atoms with Crippen molar-refractivity contribution in [2.24, 2.45) is 5.92 Å². The molecule has 1 amide bonds. The number of aromatic amines is 1. The molecule has 0 unspecified atom stereocenters. The summed E-state index contributed by atoms with van der Waals surface area (Å²) in [6.07, 6.45) is 1.94. The molecule has 0 radical (unpaired) electrons. The summed E-state index contributed by atoms with van der Waals surface area (Å²) in [6, 6.07) is 18.4. The van der Waals surface area contributed by atoms with Gasteiger partial charge in [-0.05, 0) is 36.5 Å². The highest BCUT2D eigenvalue weighted by Crippen LogP contribution is 2.24. The Labute approximate surface area is 159 Å². The molecule has 1 aliphatic rings. The number of aromatic nitrogens is 2. The number of nitrogens with zero attached hydrogens (tertiary/aromatic N) is 2. The number of para-hydroxylation sites is 2. The van der Waals surface area contributed by atoms with Crippen LogP contribution < -0.4 is 10.2 Å². The number of carbonyl (C=O) groups is 1. The highest BCUT2D eigenvalue weighted by atomic mass is 16.1. The van der Waals surface area contributed by atoms with Crippen LogP contribution in [0, 0.1) is 5.92 Å². The lowest BCUT2D eigenvalue weighted by Crippen LogP contribution is -2.44. The van der Waals surface area contributed by atoms with E-state index >= 15 is 0 Å². The van der Waals surface area contributed by atoms with Crippen molar-refractivity contribution in [1.29, 1.82) is 0 Å². The Bertz CT molecular complexity index is 872. The SMILES string of the molecule is C[C@@H](CNC(=O)[C@H]1CCCN(c2nc3ccccc3[nH]2)C1)c1ccccc1. The first-order valence-electron chi connectivity index (χ1n) is 9.73. The number of rotatable bonds is 5. The van der Waals surface area contributed by atoms with Crippen molar-refractivity contribution in [2.75, 3.05) is 24.5 Å². The molecule has 5 nitrogen and oxygen atoms in total. The Hall–Kier alpha value is -2.82. The lowest BCUT2D eigenvalue weighted by atomic mass is 9.96. The van der Waals surface area contributed by atoms with Crippen molar-refractivity contribution in [3.63, 3.8) is 0 Å². The van der Waals surface area contributed by atoms with Gasteiger partial charge in [0.1, 0.15) is 0 Å². The Kier molecular flexibility index (Phi) is 5.10. The number of hydrogen-bond donors (Lipinski definition) is 2. The topological polar surface area (TPSA) is 61.0 Å². The van der Waals surface area contributed by atoms with Crippen LogP contribution in [0.25, 0.3) is 11.0 Å². The first-order chi connectivity index (χ1) is 13.2. The molecule has 3 aromatic rings. The smallest absolute Gasteiger partial charge is 0.224 e. The monoisotopic (exact) mass is 362 g/mol. The number of hydrogen-bond acceptors (Lipinski definition) is 3. The second-order valence-electron chi connectivity index (χ2n) is 7.42. The molecule has 1 aromatic heterocycles. The van der Waals surface area contributed by atoms with Gasteiger partial charge >= 0.3 is 0 Å². The molecular weight excluding hydrogens is 336 g/mol. The maximum absolute atomic E-state index is 12.7. The number of amides is 1. The second-order valence-corrected chi connectivity index (χ2v) is 7.42. The molecule has 1 fully saturated rings. The third-order valence-corrected chi connectivity index (χ3v) is 5.42. The van der Waals surface area contributed by atoms with Crippen LogP contribution in [0.1, 0.15) is 31.2 Å². The zero-order chi connectivity index (χ0) is 18.6. The number of anilines is 1. The third-order valence-electron chi connectivity index (χ3n) is 5.42. The van der Waals surface area contributed by atoms with Crippen molar-refractivity contribution < 1.29 is 4.79 Å². The van der Waals surface area contributed by atoms with Crippen molar-refractivity contribution in [2.45, 2.75) is 25.7 Å². The number of H-pyrrole nitrogens is 1. The fraction of sp³-hybridized carbons (Fsp3) is 0.364. The van der Waals surface area contributed by atoms with Crippen LogP contribution in [-0.2, 0) is 4.79 Å². The van der Waals surface area contributed by atoms with E-state index in [1.807, 2.05) is 42.5 Å². The van der Waals surface area contributed by atoms with Crippen LogP contribution in [-0.4, -0.2) is 35.5 Å². The lowest BCUT2D eigenvalue weighted by molar-refractivity contribution is -0.125. The summed E-state index contributed by atoms with van der Waals surface area (Å²) in [6.45, 7) is 4.47. The van der Waals surface area contributed by atoms with Crippen LogP contribution in [0.15, 0.2) is 54.6 Å². The zero-order valence-corrected chi connectivity index (χ0v) is 15.7. The van der Waals surface area contributed by atoms with Crippen molar-refractivity contribution >= 4 is 22.9 Å². The molecule has 0 saturated carbocycles. The van der Waals surface area contributed by atoms with Gasteiger partial charge in [0, 0.05) is 19.6 Å². The van der Waals surface area contributed by atoms with Crippen molar-refractivity contribution in [1.82, 2.24) is 15.3 Å². The quantitative estimate of drug-likeness (QED) is 0.727. The minimum atomic E-state index is 0.00920. The molecule has 2 atom stereocenters. The van der Waals surface area contributed by atoms with Gasteiger partial charge in [0.15, 0.2) is 0 Å². The fourth-order valence-corrected chi connectivity index (χ4v) is 3.77. The Balaban J connectivity index is 1.36. The number of piperidine rings is 1. The molecule has 5 heteroatoms. The zero-order valence-electron chi connectivity index (χ0n) is 15.7. The normalized spacial score (nSPS) is 18.4. The molecule has 2 heterocycles. The fourth-order valence-electron chi connectivity index (χ4n) is 3.77. The molecule has 1 saturated heterocycles. The van der Waals surface area contributed by atoms with Crippen LogP contribution in [0.2, 0.25) is 0 Å². The first-order valence-corrected chi connectivity index (χ1v) is 9.73. The van der Waals surface area contributed by atoms with Gasteiger partial charge in [-0.1, -0.05) is 49.4 Å². The lowest BCUT2D eigenvalue weighted by Gasteiger charge is -2.32. The summed E-state index contributed by atoms with van der Waals surface area (Å²) in [5, 5.41) is 3.15. The van der Waals surface area contributed by atoms with Gasteiger partial charge in [0.2, 0.25) is 11.9 Å². The van der Waals surface area contributed by atoms with E-state index in [0.29, 0.717) is 19.0 Å². The Morgan fingerprint density at radius 3 is 2.81 bits per heavy atom. The van der Waals surface area contributed by atoms with Crippen LogP contribution in [0.4, 0.5) is 5.95 Å². The van der Waals surface area contributed by atoms with E-state index in [1.54, 1.807) is 0 Å². The second kappa shape index (κ2) is 7.82. The molecule has 0 spiro atoms. The largest absolute Gasteiger partial charge is 0.355 e. The number of imidazole rings is 1. The average Bonchev–Trinajstić information content (AvgIpc) is 3.17. The minimum absolute atomic E-state index is 0.00920. The van der Waals surface area contributed by atoms with Gasteiger partial charge in [-0.25, -0.2) is 4.98 Å². The van der Waals surface area contributed by atoms with Crippen molar-refractivity contribution in [3.8, 4) is 0 Å². The minimum Gasteiger partial charge on any atom is -0.355 e. The van der Waals surface area contributed by atoms with E-state index in [2.05, 4.69) is 39.2 Å². The summed E-state index contributed by atoms with van der Waals surface area (Å²) in [5.74, 6) is 1.34. The molecular formula is C22H26N4O. The van der Waals surface area contributed by atoms with E-state index in [1.165, 1.54) is 5.56 Å². The summed E-state index contributed by atoms with van der Waals surface area (Å²) in [5.41, 5.74) is 3.26. The van der Waals surface area contributed by atoms with Gasteiger partial charge < -0.3 is 15.2 Å². The molecule has 2 aromatic carbocycles. The summed E-state index contributed by atoms with van der Waals surface area (Å²) in [7, 11) is 0. The number of carbonyl (C=O) groups excluding carboxylic acids is 1.